The summed E-state index contributed by atoms with van der Waals surface area (Å²) < 4.78 is 15.3. The van der Waals surface area contributed by atoms with Gasteiger partial charge in [-0.3, -0.25) is 4.68 Å². The molecule has 15 heavy (non-hydrogen) atoms. The Bertz CT molecular complexity index is 463. The highest BCUT2D eigenvalue weighted by molar-refractivity contribution is 5.75. The molecule has 0 radical (unpaired) electrons. The minimum Gasteiger partial charge on any atom is -0.396 e. The third-order valence-corrected chi connectivity index (χ3v) is 2.43. The summed E-state index contributed by atoms with van der Waals surface area (Å²) >= 11 is 0. The monoisotopic (exact) mass is 205 g/mol. The van der Waals surface area contributed by atoms with E-state index >= 15 is 0 Å². The molecule has 1 aromatic carbocycles. The number of aromatic nitrogens is 2. The van der Waals surface area contributed by atoms with Gasteiger partial charge in [0.1, 0.15) is 5.82 Å². The number of aryl methyl sites for hydroxylation is 2. The molecule has 0 saturated heterocycles. The molecule has 2 N–H and O–H groups in total. The third kappa shape index (κ3) is 1.48. The Hall–Kier alpha value is -1.84. The second-order valence-electron chi connectivity index (χ2n) is 3.50. The number of nitrogens with two attached hydrogens (primary N) is 1. The van der Waals surface area contributed by atoms with Gasteiger partial charge in [-0.25, -0.2) is 4.39 Å². The van der Waals surface area contributed by atoms with Crippen LogP contribution >= 0.6 is 0 Å². The van der Waals surface area contributed by atoms with Gasteiger partial charge in [0.15, 0.2) is 0 Å². The molecule has 0 unspecified atom stereocenters. The summed E-state index contributed by atoms with van der Waals surface area (Å²) in [5.74, 6) is -0.273. The maximum absolute atomic E-state index is 13.7. The van der Waals surface area contributed by atoms with E-state index in [2.05, 4.69) is 5.10 Å². The normalized spacial score (nSPS) is 10.6. The lowest BCUT2D eigenvalue weighted by Crippen LogP contribution is -1.99. The second-order valence-corrected chi connectivity index (χ2v) is 3.50. The zero-order valence-electron chi connectivity index (χ0n) is 8.66. The lowest BCUT2D eigenvalue weighted by molar-refractivity contribution is 0.627. The lowest BCUT2D eigenvalue weighted by atomic mass is 10.0. The zero-order valence-corrected chi connectivity index (χ0v) is 8.66. The molecule has 4 heteroatoms. The van der Waals surface area contributed by atoms with E-state index in [1.54, 1.807) is 17.8 Å². The maximum atomic E-state index is 13.7. The Kier molecular flexibility index (Phi) is 2.19. The summed E-state index contributed by atoms with van der Waals surface area (Å²) in [4.78, 5) is 0. The first-order valence-electron chi connectivity index (χ1n) is 4.64. The molecule has 0 fully saturated rings. The summed E-state index contributed by atoms with van der Waals surface area (Å²) in [7, 11) is 1.75. The van der Waals surface area contributed by atoms with Crippen LogP contribution in [0.1, 0.15) is 5.56 Å². The van der Waals surface area contributed by atoms with E-state index < -0.39 is 0 Å². The fourth-order valence-electron chi connectivity index (χ4n) is 1.69. The molecule has 0 aliphatic heterocycles. The number of anilines is 1. The van der Waals surface area contributed by atoms with E-state index in [4.69, 9.17) is 5.73 Å². The Labute approximate surface area is 87.3 Å². The van der Waals surface area contributed by atoms with Gasteiger partial charge in [-0.1, -0.05) is 12.1 Å². The van der Waals surface area contributed by atoms with Crippen LogP contribution in [-0.2, 0) is 7.05 Å². The predicted octanol–water partition coefficient (Wildman–Crippen LogP) is 2.12. The summed E-state index contributed by atoms with van der Waals surface area (Å²) in [6.45, 7) is 1.85. The first kappa shape index (κ1) is 9.71. The fourth-order valence-corrected chi connectivity index (χ4v) is 1.69. The van der Waals surface area contributed by atoms with Gasteiger partial charge in [-0.2, -0.15) is 5.10 Å². The van der Waals surface area contributed by atoms with Gasteiger partial charge < -0.3 is 5.73 Å². The van der Waals surface area contributed by atoms with E-state index in [9.17, 15) is 4.39 Å². The molecule has 3 nitrogen and oxygen atoms in total. The first-order valence-corrected chi connectivity index (χ1v) is 4.64. The van der Waals surface area contributed by atoms with Crippen molar-refractivity contribution in [3.63, 3.8) is 0 Å². The summed E-state index contributed by atoms with van der Waals surface area (Å²) in [5.41, 5.74) is 8.26. The van der Waals surface area contributed by atoms with Crippen molar-refractivity contribution in [3.8, 4) is 11.3 Å². The van der Waals surface area contributed by atoms with Crippen LogP contribution in [-0.4, -0.2) is 9.78 Å². The van der Waals surface area contributed by atoms with Crippen LogP contribution in [0.2, 0.25) is 0 Å². The highest BCUT2D eigenvalue weighted by Crippen LogP contribution is 2.30. The molecule has 78 valence electrons. The van der Waals surface area contributed by atoms with Crippen LogP contribution in [0.15, 0.2) is 24.4 Å². The maximum Gasteiger partial charge on any atom is 0.132 e. The van der Waals surface area contributed by atoms with Gasteiger partial charge in [0.05, 0.1) is 17.6 Å². The molecule has 0 bridgehead atoms. The molecule has 0 aliphatic carbocycles. The summed E-state index contributed by atoms with van der Waals surface area (Å²) in [6.07, 6.45) is 1.53. The highest BCUT2D eigenvalue weighted by atomic mass is 19.1. The van der Waals surface area contributed by atoms with Crippen molar-refractivity contribution in [2.75, 3.05) is 5.73 Å². The van der Waals surface area contributed by atoms with E-state index in [1.165, 1.54) is 12.3 Å². The molecule has 0 amide bonds. The van der Waals surface area contributed by atoms with E-state index in [0.29, 0.717) is 16.9 Å². The number of halogens is 1. The lowest BCUT2D eigenvalue weighted by Gasteiger charge is -2.08. The van der Waals surface area contributed by atoms with Crippen LogP contribution < -0.4 is 5.73 Å². The Balaban J connectivity index is 2.74. The predicted molar refractivity (Wildman–Crippen MR) is 57.8 cm³/mol. The second kappa shape index (κ2) is 3.38. The van der Waals surface area contributed by atoms with Crippen molar-refractivity contribution in [1.82, 2.24) is 9.78 Å². The standard InChI is InChI=1S/C11H12FN3/c1-7-4-3-5-8(12)10(7)11-9(13)6-14-15(11)2/h3-6H,13H2,1-2H3. The number of nitrogens with zero attached hydrogens (tertiary/aromatic N) is 2. The summed E-state index contributed by atoms with van der Waals surface area (Å²) in [6, 6.07) is 4.96. The van der Waals surface area contributed by atoms with Gasteiger partial charge in [0.2, 0.25) is 0 Å². The van der Waals surface area contributed by atoms with E-state index in [-0.39, 0.29) is 5.82 Å². The molecule has 0 aliphatic rings. The van der Waals surface area contributed by atoms with E-state index in [1.807, 2.05) is 13.0 Å². The Morgan fingerprint density at radius 2 is 2.13 bits per heavy atom. The molecule has 0 spiro atoms. The third-order valence-electron chi connectivity index (χ3n) is 2.43. The zero-order chi connectivity index (χ0) is 11.0. The first-order chi connectivity index (χ1) is 7.11. The number of rotatable bonds is 1. The van der Waals surface area contributed by atoms with Crippen molar-refractivity contribution in [2.24, 2.45) is 7.05 Å². The van der Waals surface area contributed by atoms with Crippen LogP contribution in [0.3, 0.4) is 0 Å². The van der Waals surface area contributed by atoms with Gasteiger partial charge in [-0.15, -0.1) is 0 Å². The Morgan fingerprint density at radius 3 is 2.67 bits per heavy atom. The molecule has 0 atom stereocenters. The van der Waals surface area contributed by atoms with Crippen LogP contribution in [0.5, 0.6) is 0 Å². The minimum atomic E-state index is -0.273. The summed E-state index contributed by atoms with van der Waals surface area (Å²) in [5, 5.41) is 4.00. The molecule has 2 rings (SSSR count). The average molecular weight is 205 g/mol. The van der Waals surface area contributed by atoms with Crippen molar-refractivity contribution >= 4 is 5.69 Å². The number of nitrogen functional groups attached to an aromatic ring is 1. The van der Waals surface area contributed by atoms with Crippen molar-refractivity contribution in [3.05, 3.63) is 35.8 Å². The minimum absolute atomic E-state index is 0.273. The van der Waals surface area contributed by atoms with Crippen molar-refractivity contribution < 1.29 is 4.39 Å². The van der Waals surface area contributed by atoms with Crippen LogP contribution in [0, 0.1) is 12.7 Å². The molecule has 2 aromatic rings. The fraction of sp³-hybridized carbons (Fsp3) is 0.182. The number of hydrogen-bond donors (Lipinski definition) is 1. The quantitative estimate of drug-likeness (QED) is 0.774. The molecular weight excluding hydrogens is 193 g/mol. The van der Waals surface area contributed by atoms with Crippen molar-refractivity contribution in [2.45, 2.75) is 6.92 Å². The van der Waals surface area contributed by atoms with Gasteiger partial charge in [0, 0.05) is 12.6 Å². The number of hydrogen-bond acceptors (Lipinski definition) is 2. The molecule has 0 saturated carbocycles. The Morgan fingerprint density at radius 1 is 1.40 bits per heavy atom. The molecular formula is C11H12FN3. The van der Waals surface area contributed by atoms with Crippen molar-refractivity contribution in [1.29, 1.82) is 0 Å². The average Bonchev–Trinajstić information content (AvgIpc) is 2.49. The number of benzene rings is 1. The topological polar surface area (TPSA) is 43.8 Å². The van der Waals surface area contributed by atoms with Crippen LogP contribution in [0.4, 0.5) is 10.1 Å². The highest BCUT2D eigenvalue weighted by Gasteiger charge is 2.14. The van der Waals surface area contributed by atoms with Gasteiger partial charge in [-0.05, 0) is 18.6 Å². The largest absolute Gasteiger partial charge is 0.396 e. The van der Waals surface area contributed by atoms with Crippen LogP contribution in [0.25, 0.3) is 11.3 Å². The van der Waals surface area contributed by atoms with Gasteiger partial charge >= 0.3 is 0 Å². The SMILES string of the molecule is Cc1cccc(F)c1-c1c(N)cnn1C. The molecule has 1 aromatic heterocycles. The molecule has 1 heterocycles. The smallest absolute Gasteiger partial charge is 0.132 e. The van der Waals surface area contributed by atoms with E-state index in [0.717, 1.165) is 5.56 Å². The van der Waals surface area contributed by atoms with Gasteiger partial charge in [0.25, 0.3) is 0 Å².